The van der Waals surface area contributed by atoms with Crippen molar-refractivity contribution in [3.8, 4) is 0 Å². The Morgan fingerprint density at radius 1 is 1.73 bits per heavy atom. The van der Waals surface area contributed by atoms with E-state index in [9.17, 15) is 9.18 Å². The molecule has 1 atom stereocenters. The highest BCUT2D eigenvalue weighted by atomic mass is 19.1. The van der Waals surface area contributed by atoms with Gasteiger partial charge in [-0.05, 0) is 13.0 Å². The summed E-state index contributed by atoms with van der Waals surface area (Å²) < 4.78 is 18.9. The molecule has 0 saturated carbocycles. The summed E-state index contributed by atoms with van der Waals surface area (Å²) in [6.07, 6.45) is 1.17. The van der Waals surface area contributed by atoms with E-state index in [0.29, 0.717) is 5.56 Å². The van der Waals surface area contributed by atoms with Gasteiger partial charge in [0.15, 0.2) is 5.67 Å². The minimum Gasteiger partial charge on any atom is -0.478 e. The molecular formula is C10H10FNO3. The Labute approximate surface area is 85.7 Å². The zero-order valence-corrected chi connectivity index (χ0v) is 8.16. The number of hydrogen-bond acceptors (Lipinski definition) is 3. The van der Waals surface area contributed by atoms with Crippen LogP contribution in [0.5, 0.6) is 0 Å². The molecule has 0 bridgehead atoms. The Bertz CT molecular complexity index is 417. The maximum Gasteiger partial charge on any atom is 0.337 e. The van der Waals surface area contributed by atoms with E-state index in [1.54, 1.807) is 0 Å². The molecule has 0 aromatic carbocycles. The Morgan fingerprint density at radius 2 is 2.47 bits per heavy atom. The lowest BCUT2D eigenvalue weighted by Crippen LogP contribution is -2.30. The Morgan fingerprint density at radius 3 is 3.13 bits per heavy atom. The summed E-state index contributed by atoms with van der Waals surface area (Å²) in [6, 6.07) is 1.40. The lowest BCUT2D eigenvalue weighted by molar-refractivity contribution is -0.00798. The highest BCUT2D eigenvalue weighted by Crippen LogP contribution is 2.32. The Hall–Kier alpha value is -1.49. The molecule has 15 heavy (non-hydrogen) atoms. The van der Waals surface area contributed by atoms with Crippen molar-refractivity contribution in [3.05, 3.63) is 29.1 Å². The largest absolute Gasteiger partial charge is 0.478 e. The minimum absolute atomic E-state index is 0.0422. The molecule has 0 saturated heterocycles. The molecular weight excluding hydrogens is 201 g/mol. The van der Waals surface area contributed by atoms with Crippen LogP contribution in [0.25, 0.3) is 0 Å². The fraction of sp³-hybridized carbons (Fsp3) is 0.400. The molecule has 0 spiro atoms. The third kappa shape index (κ3) is 1.70. The van der Waals surface area contributed by atoms with Crippen molar-refractivity contribution in [2.24, 2.45) is 0 Å². The second-order valence-electron chi connectivity index (χ2n) is 3.73. The number of ether oxygens (including phenoxy) is 1. The second kappa shape index (κ2) is 3.27. The van der Waals surface area contributed by atoms with Gasteiger partial charge in [-0.15, -0.1) is 0 Å². The van der Waals surface area contributed by atoms with Crippen molar-refractivity contribution in [1.82, 2.24) is 4.98 Å². The van der Waals surface area contributed by atoms with Crippen molar-refractivity contribution >= 4 is 5.97 Å². The molecule has 4 nitrogen and oxygen atoms in total. The zero-order chi connectivity index (χ0) is 11.1. The third-order valence-electron chi connectivity index (χ3n) is 2.34. The third-order valence-corrected chi connectivity index (χ3v) is 2.34. The molecule has 1 aliphatic heterocycles. The summed E-state index contributed by atoms with van der Waals surface area (Å²) in [7, 11) is 0. The van der Waals surface area contributed by atoms with Crippen LogP contribution in [0.4, 0.5) is 4.39 Å². The van der Waals surface area contributed by atoms with Gasteiger partial charge in [0.2, 0.25) is 0 Å². The number of halogens is 1. The average molecular weight is 211 g/mol. The van der Waals surface area contributed by atoms with E-state index in [0.717, 1.165) is 0 Å². The van der Waals surface area contributed by atoms with Crippen LogP contribution >= 0.6 is 0 Å². The van der Waals surface area contributed by atoms with Crippen LogP contribution in [0.2, 0.25) is 0 Å². The maximum atomic E-state index is 13.9. The first-order valence-electron chi connectivity index (χ1n) is 4.50. The smallest absolute Gasteiger partial charge is 0.337 e. The molecule has 1 N–H and O–H groups in total. The highest BCUT2D eigenvalue weighted by Gasteiger charge is 2.34. The van der Waals surface area contributed by atoms with Gasteiger partial charge in [0.25, 0.3) is 0 Å². The van der Waals surface area contributed by atoms with Gasteiger partial charge in [-0.1, -0.05) is 0 Å². The summed E-state index contributed by atoms with van der Waals surface area (Å²) >= 11 is 0. The molecule has 1 unspecified atom stereocenters. The first-order chi connectivity index (χ1) is 7.00. The Balaban J connectivity index is 2.50. The number of carbonyl (C=O) groups is 1. The molecule has 5 heteroatoms. The van der Waals surface area contributed by atoms with Gasteiger partial charge in [0.05, 0.1) is 24.5 Å². The van der Waals surface area contributed by atoms with Crippen molar-refractivity contribution in [1.29, 1.82) is 0 Å². The molecule has 80 valence electrons. The van der Waals surface area contributed by atoms with E-state index < -0.39 is 11.6 Å². The number of rotatable bonds is 1. The number of alkyl halides is 1. The van der Waals surface area contributed by atoms with Gasteiger partial charge in [-0.2, -0.15) is 0 Å². The number of nitrogens with zero attached hydrogens (tertiary/aromatic N) is 1. The molecule has 2 heterocycles. The number of aromatic nitrogens is 1. The van der Waals surface area contributed by atoms with E-state index in [1.165, 1.54) is 19.2 Å². The average Bonchev–Trinajstić information content (AvgIpc) is 2.16. The minimum atomic E-state index is -1.63. The SMILES string of the molecule is CC1(F)COCc2cc(C(=O)O)cnc21. The number of aromatic carboxylic acids is 1. The second-order valence-corrected chi connectivity index (χ2v) is 3.73. The van der Waals surface area contributed by atoms with Gasteiger partial charge in [0, 0.05) is 11.8 Å². The molecule has 1 aromatic heterocycles. The van der Waals surface area contributed by atoms with Gasteiger partial charge >= 0.3 is 5.97 Å². The standard InChI is InChI=1S/C10H10FNO3/c1-10(11)5-15-4-7-2-6(9(13)14)3-12-8(7)10/h2-3H,4-5H2,1H3,(H,13,14). The summed E-state index contributed by atoms with van der Waals surface area (Å²) in [5, 5.41) is 8.74. The van der Waals surface area contributed by atoms with Gasteiger partial charge in [-0.25, -0.2) is 9.18 Å². The molecule has 1 aliphatic rings. The number of fused-ring (bicyclic) bond motifs is 1. The van der Waals surface area contributed by atoms with E-state index in [-0.39, 0.29) is 24.5 Å². The lowest BCUT2D eigenvalue weighted by Gasteiger charge is -2.27. The van der Waals surface area contributed by atoms with Crippen molar-refractivity contribution < 1.29 is 19.0 Å². The van der Waals surface area contributed by atoms with E-state index >= 15 is 0 Å². The number of carboxylic acid groups (broad SMARTS) is 1. The number of hydrogen-bond donors (Lipinski definition) is 1. The predicted octanol–water partition coefficient (Wildman–Crippen LogP) is 1.49. The van der Waals surface area contributed by atoms with Crippen molar-refractivity contribution in [2.45, 2.75) is 19.2 Å². The zero-order valence-electron chi connectivity index (χ0n) is 8.16. The monoisotopic (exact) mass is 211 g/mol. The number of carboxylic acids is 1. The van der Waals surface area contributed by atoms with Gasteiger partial charge in [0.1, 0.15) is 0 Å². The fourth-order valence-corrected chi connectivity index (χ4v) is 1.63. The number of pyridine rings is 1. The molecule has 0 aliphatic carbocycles. The summed E-state index contributed by atoms with van der Waals surface area (Å²) in [5.74, 6) is -1.07. The highest BCUT2D eigenvalue weighted by molar-refractivity contribution is 5.87. The van der Waals surface area contributed by atoms with E-state index in [4.69, 9.17) is 9.84 Å². The van der Waals surface area contributed by atoms with Crippen LogP contribution in [-0.4, -0.2) is 22.7 Å². The predicted molar refractivity (Wildman–Crippen MR) is 49.3 cm³/mol. The van der Waals surface area contributed by atoms with Crippen LogP contribution in [0.15, 0.2) is 12.3 Å². The summed E-state index contributed by atoms with van der Waals surface area (Å²) in [6.45, 7) is 1.54. The van der Waals surface area contributed by atoms with Crippen LogP contribution < -0.4 is 0 Å². The quantitative estimate of drug-likeness (QED) is 0.764. The lowest BCUT2D eigenvalue weighted by atomic mass is 9.97. The van der Waals surface area contributed by atoms with E-state index in [2.05, 4.69) is 4.98 Å². The molecule has 1 aromatic rings. The van der Waals surface area contributed by atoms with Crippen LogP contribution in [-0.2, 0) is 17.0 Å². The van der Waals surface area contributed by atoms with Crippen molar-refractivity contribution in [2.75, 3.05) is 6.61 Å². The molecule has 0 fully saturated rings. The normalized spacial score (nSPS) is 24.7. The molecule has 0 amide bonds. The summed E-state index contributed by atoms with van der Waals surface area (Å²) in [4.78, 5) is 14.5. The molecule has 0 radical (unpaired) electrons. The first kappa shape index (κ1) is 10.0. The maximum absolute atomic E-state index is 13.9. The van der Waals surface area contributed by atoms with Crippen LogP contribution in [0, 0.1) is 0 Å². The molecule has 2 rings (SSSR count). The first-order valence-corrected chi connectivity index (χ1v) is 4.50. The Kier molecular flexibility index (Phi) is 2.19. The van der Waals surface area contributed by atoms with Crippen LogP contribution in [0.3, 0.4) is 0 Å². The summed E-state index contributed by atoms with van der Waals surface area (Å²) in [5.41, 5.74) is -0.801. The topological polar surface area (TPSA) is 59.4 Å². The van der Waals surface area contributed by atoms with Crippen LogP contribution in [0.1, 0.15) is 28.5 Å². The fourth-order valence-electron chi connectivity index (χ4n) is 1.63. The van der Waals surface area contributed by atoms with Gasteiger partial charge < -0.3 is 9.84 Å². The van der Waals surface area contributed by atoms with E-state index in [1.807, 2.05) is 0 Å². The van der Waals surface area contributed by atoms with Crippen molar-refractivity contribution in [3.63, 3.8) is 0 Å². The van der Waals surface area contributed by atoms with Gasteiger partial charge in [-0.3, -0.25) is 4.98 Å².